The number of hydrogen-bond acceptors (Lipinski definition) is 8. The highest BCUT2D eigenvalue weighted by atomic mass is 32.2. The summed E-state index contributed by atoms with van der Waals surface area (Å²) in [5.41, 5.74) is 0.592. The molecule has 7 nitrogen and oxygen atoms in total. The molecule has 0 saturated heterocycles. The molecule has 0 amide bonds. The van der Waals surface area contributed by atoms with Gasteiger partial charge in [0.05, 0.1) is 5.92 Å². The van der Waals surface area contributed by atoms with Crippen LogP contribution in [0.4, 0.5) is 17.6 Å². The Bertz CT molecular complexity index is 3900. The predicted octanol–water partition coefficient (Wildman–Crippen LogP) is 21.0. The summed E-state index contributed by atoms with van der Waals surface area (Å²) in [6.45, 7) is 4.63. The van der Waals surface area contributed by atoms with E-state index in [2.05, 4.69) is 62.4 Å². The van der Waals surface area contributed by atoms with E-state index in [0.717, 1.165) is 104 Å². The lowest BCUT2D eigenvalue weighted by Crippen LogP contribution is -2.46. The molecule has 0 unspecified atom stereocenters. The number of halogens is 4. The first-order chi connectivity index (χ1) is 43.5. The van der Waals surface area contributed by atoms with E-state index in [-0.39, 0.29) is 17.4 Å². The van der Waals surface area contributed by atoms with E-state index in [1.807, 2.05) is 132 Å². The van der Waals surface area contributed by atoms with Gasteiger partial charge in [0, 0.05) is 40.0 Å². The van der Waals surface area contributed by atoms with Gasteiger partial charge in [-0.1, -0.05) is 198 Å². The maximum absolute atomic E-state index is 17.1. The van der Waals surface area contributed by atoms with Gasteiger partial charge in [-0.15, -0.1) is 0 Å². The van der Waals surface area contributed by atoms with Gasteiger partial charge in [0.15, 0.2) is 27.2 Å². The first-order valence-electron chi connectivity index (χ1n) is 32.3. The molecule has 90 heavy (non-hydrogen) atoms. The molecule has 9 aromatic rings. The van der Waals surface area contributed by atoms with Crippen LogP contribution in [0.15, 0.2) is 170 Å². The third kappa shape index (κ3) is 14.8. The van der Waals surface area contributed by atoms with Gasteiger partial charge in [-0.2, -0.15) is 17.6 Å². The van der Waals surface area contributed by atoms with Crippen LogP contribution in [0, 0.1) is 29.6 Å². The van der Waals surface area contributed by atoms with Crippen molar-refractivity contribution < 1.29 is 50.2 Å². The van der Waals surface area contributed by atoms with E-state index in [0.29, 0.717) is 28.5 Å². The lowest BCUT2D eigenvalue weighted by molar-refractivity contribution is -0.257. The maximum atomic E-state index is 17.1. The topological polar surface area (TPSA) is 116 Å². The smallest absolute Gasteiger partial charge is 0.485 e. The molecule has 472 valence electrons. The Labute approximate surface area is 535 Å². The van der Waals surface area contributed by atoms with Crippen molar-refractivity contribution in [2.45, 2.75) is 140 Å². The van der Waals surface area contributed by atoms with Crippen molar-refractivity contribution >= 4 is 80.5 Å². The van der Waals surface area contributed by atoms with Crippen molar-refractivity contribution in [1.82, 2.24) is 0 Å². The summed E-state index contributed by atoms with van der Waals surface area (Å²) < 4.78 is 90.3. The highest BCUT2D eigenvalue weighted by Crippen LogP contribution is 2.54. The number of aromatic hydroxyl groups is 2. The van der Waals surface area contributed by atoms with Crippen LogP contribution in [0.3, 0.4) is 0 Å². The Morgan fingerprint density at radius 2 is 0.922 bits per heavy atom. The van der Waals surface area contributed by atoms with E-state index in [1.54, 1.807) is 21.9 Å². The number of benzene rings is 9. The molecule has 2 heterocycles. The minimum absolute atomic E-state index is 0.172. The molecular formula is C76H80F4O7S3. The molecule has 14 rings (SSSR count). The second-order valence-corrected chi connectivity index (χ2v) is 28.9. The normalized spacial score (nSPS) is 21.5. The van der Waals surface area contributed by atoms with Crippen molar-refractivity contribution in [2.75, 3.05) is 11.5 Å². The van der Waals surface area contributed by atoms with E-state index >= 15 is 4.39 Å². The molecular weight excluding hydrogens is 1200 g/mol. The van der Waals surface area contributed by atoms with Gasteiger partial charge < -0.3 is 24.2 Å². The minimum atomic E-state index is -6.09. The lowest BCUT2D eigenvalue weighted by atomic mass is 9.68. The van der Waals surface area contributed by atoms with Crippen LogP contribution in [-0.4, -0.2) is 50.4 Å². The summed E-state index contributed by atoms with van der Waals surface area (Å²) in [4.78, 5) is 0. The largest absolute Gasteiger partial charge is 0.741 e. The number of ether oxygens (including phenoxy) is 2. The average molecular weight is 1280 g/mol. The van der Waals surface area contributed by atoms with E-state index < -0.39 is 21.7 Å². The van der Waals surface area contributed by atoms with E-state index in [1.165, 1.54) is 101 Å². The molecule has 3 aliphatic carbocycles. The van der Waals surface area contributed by atoms with Crippen molar-refractivity contribution in [3.05, 3.63) is 181 Å². The number of alkyl halides is 4. The Kier molecular flexibility index (Phi) is 20.8. The lowest BCUT2D eigenvalue weighted by Gasteiger charge is -2.40. The number of fused-ring (bicyclic) bond motifs is 9. The van der Waals surface area contributed by atoms with Gasteiger partial charge in [-0.05, 0) is 179 Å². The minimum Gasteiger partial charge on any atom is -0.741 e. The van der Waals surface area contributed by atoms with Gasteiger partial charge in [0.2, 0.25) is 0 Å². The SMILES string of the molecule is CCCC1CCC(C2CCC(C3(F)Oc4ccc5ccccc5c4-c4c(ccc5ccccc45)O3)CC2)CC1.CCCC1CCC(c2ccc(C3=[S+]CCCS3)cc2)CC1.O=S(=O)([O-])C(F)(F)F.Oc1ccc2ccccc2c1-c1c(O)ccc2ccccc12. The Morgan fingerprint density at radius 1 is 0.533 bits per heavy atom. The third-order valence-electron chi connectivity index (χ3n) is 19.3. The fraction of sp³-hybridized carbons (Fsp3) is 0.382. The summed E-state index contributed by atoms with van der Waals surface area (Å²) >= 11 is 4.09. The zero-order valence-electron chi connectivity index (χ0n) is 51.2. The van der Waals surface area contributed by atoms with Gasteiger partial charge in [-0.3, -0.25) is 0 Å². The van der Waals surface area contributed by atoms with Gasteiger partial charge in [0.25, 0.3) is 4.20 Å². The van der Waals surface area contributed by atoms with Crippen LogP contribution in [0.5, 0.6) is 23.0 Å². The van der Waals surface area contributed by atoms with Crippen molar-refractivity contribution in [3.8, 4) is 45.3 Å². The number of hydrogen-bond donors (Lipinski definition) is 2. The molecule has 0 aromatic heterocycles. The first-order valence-corrected chi connectivity index (χ1v) is 35.7. The fourth-order valence-corrected chi connectivity index (χ4v) is 17.3. The summed E-state index contributed by atoms with van der Waals surface area (Å²) in [6, 6.07) is 54.8. The van der Waals surface area contributed by atoms with Crippen LogP contribution in [-0.2, 0) is 21.5 Å². The zero-order valence-corrected chi connectivity index (χ0v) is 53.7. The highest BCUT2D eigenvalue weighted by molar-refractivity contribution is 8.23. The Balaban J connectivity index is 0.000000139. The molecule has 14 heteroatoms. The first kappa shape index (κ1) is 64.8. The molecule has 0 bridgehead atoms. The molecule has 3 saturated carbocycles. The van der Waals surface area contributed by atoms with Gasteiger partial charge >= 0.3 is 11.5 Å². The number of phenols is 2. The summed E-state index contributed by atoms with van der Waals surface area (Å²) in [5, 5.41) is 29.1. The molecule has 0 spiro atoms. The van der Waals surface area contributed by atoms with Crippen LogP contribution in [0.2, 0.25) is 0 Å². The van der Waals surface area contributed by atoms with E-state index in [9.17, 15) is 23.4 Å². The van der Waals surface area contributed by atoms with Crippen molar-refractivity contribution in [2.24, 2.45) is 29.6 Å². The highest BCUT2D eigenvalue weighted by Gasteiger charge is 2.49. The summed E-state index contributed by atoms with van der Waals surface area (Å²) in [7, 11) is -6.09. The predicted molar refractivity (Wildman–Crippen MR) is 363 cm³/mol. The number of phenolic OH excluding ortho intramolecular Hbond substituents is 2. The Morgan fingerprint density at radius 3 is 1.32 bits per heavy atom. The zero-order chi connectivity index (χ0) is 63.0. The molecule has 0 radical (unpaired) electrons. The van der Waals surface area contributed by atoms with Crippen LogP contribution in [0.1, 0.15) is 140 Å². The van der Waals surface area contributed by atoms with Crippen LogP contribution in [0.25, 0.3) is 65.3 Å². The molecule has 3 fully saturated rings. The van der Waals surface area contributed by atoms with Gasteiger partial charge in [0.1, 0.15) is 23.0 Å². The molecule has 9 aromatic carbocycles. The summed E-state index contributed by atoms with van der Waals surface area (Å²) in [5.74, 6) is 8.08. The molecule has 0 atom stereocenters. The monoisotopic (exact) mass is 1280 g/mol. The third-order valence-corrected chi connectivity index (χ3v) is 22.6. The quantitative estimate of drug-likeness (QED) is 0.0483. The molecule has 2 aliphatic heterocycles. The standard InChI is InChI=1S/C36H39FO2.C20H14O2.C19H27S2.CHF3O3S/c1-2-7-24-12-14-25(15-13-24)26-16-20-29(21-17-26)36(37)38-32-22-18-27-8-3-5-10-30(27)34(32)35-31-11-6-4-9-28(31)19-23-33(35)39-36;21-17-11-9-13-5-1-3-7-15(13)19(17)20-16-8-4-2-6-14(16)10-12-18(20)22;1-2-4-15-5-7-16(8-6-15)17-9-11-18(12-10-17)19-20-13-3-14-21-19;2-1(3,4)8(5,6)7/h3-6,8-11,18-19,22-26,29H,2,7,12-17,20-21H2,1H3;1-12,21-22H;9-12,15-16H,2-8,13-14H2,1H3;(H,5,6,7)/q;;+1;/p-1. The average Bonchev–Trinajstić information content (AvgIpc) is 1.56. The second kappa shape index (κ2) is 28.8. The Hall–Kier alpha value is -6.71. The summed E-state index contributed by atoms with van der Waals surface area (Å²) in [6.07, 6.45) is 21.8. The fourth-order valence-electron chi connectivity index (χ4n) is 14.7. The van der Waals surface area contributed by atoms with E-state index in [4.69, 9.17) is 22.4 Å². The molecule has 5 aliphatic rings. The molecule has 2 N–H and O–H groups in total. The van der Waals surface area contributed by atoms with Gasteiger partial charge in [-0.25, -0.2) is 8.42 Å². The maximum Gasteiger partial charge on any atom is 0.485 e. The number of thioether (sulfide) groups is 1. The van der Waals surface area contributed by atoms with Crippen molar-refractivity contribution in [1.29, 1.82) is 0 Å². The van der Waals surface area contributed by atoms with Crippen molar-refractivity contribution in [3.63, 3.8) is 0 Å². The van der Waals surface area contributed by atoms with Crippen LogP contribution < -0.4 is 9.47 Å². The second-order valence-electron chi connectivity index (χ2n) is 25.0. The van der Waals surface area contributed by atoms with Crippen LogP contribution >= 0.6 is 11.8 Å². The number of rotatable bonds is 9.